The Bertz CT molecular complexity index is 2950. The zero-order valence-corrected chi connectivity index (χ0v) is 39.2. The van der Waals surface area contributed by atoms with Gasteiger partial charge in [-0.2, -0.15) is 16.8 Å². The molecule has 2 heterocycles. The van der Waals surface area contributed by atoms with Crippen LogP contribution in [0.15, 0.2) is 131 Å². The molecule has 2 aliphatic heterocycles. The second-order valence-electron chi connectivity index (χ2n) is 16.0. The second kappa shape index (κ2) is 22.2. The van der Waals surface area contributed by atoms with Gasteiger partial charge in [0.2, 0.25) is 0 Å². The molecule has 8 rings (SSSR count). The van der Waals surface area contributed by atoms with E-state index in [-0.39, 0.29) is 69.6 Å². The van der Waals surface area contributed by atoms with Gasteiger partial charge in [-0.05, 0) is 88.3 Å². The summed E-state index contributed by atoms with van der Waals surface area (Å²) in [4.78, 5) is 77.9. The fourth-order valence-electron chi connectivity index (χ4n) is 7.65. The first kappa shape index (κ1) is 51.8. The Morgan fingerprint density at radius 1 is 0.486 bits per heavy atom. The number of nitrogens with zero attached hydrogens (tertiary/aromatic N) is 4. The topological polar surface area (TPSA) is 294 Å². The van der Waals surface area contributed by atoms with Crippen molar-refractivity contribution < 1.29 is 55.0 Å². The third-order valence-electron chi connectivity index (χ3n) is 11.2. The van der Waals surface area contributed by atoms with Crippen molar-refractivity contribution in [1.29, 1.82) is 0 Å². The van der Waals surface area contributed by atoms with E-state index in [0.29, 0.717) is 47.8 Å². The minimum absolute atomic E-state index is 0.00831. The van der Waals surface area contributed by atoms with Crippen molar-refractivity contribution in [2.75, 3.05) is 26.2 Å². The van der Waals surface area contributed by atoms with Crippen molar-refractivity contribution in [1.82, 2.24) is 20.4 Å². The van der Waals surface area contributed by atoms with Crippen LogP contribution in [-0.4, -0.2) is 95.4 Å². The molecule has 22 heteroatoms. The highest BCUT2D eigenvalue weighted by Gasteiger charge is 2.39. The Hall–Kier alpha value is -7.60. The van der Waals surface area contributed by atoms with Crippen LogP contribution in [0.4, 0.5) is 11.4 Å². The molecule has 0 fully saturated rings. The fourth-order valence-corrected chi connectivity index (χ4v) is 8.61. The van der Waals surface area contributed by atoms with Crippen LogP contribution in [0.5, 0.6) is 0 Å². The first-order valence-electron chi connectivity index (χ1n) is 21.5. The molecular formula is C48H46N6O14S2. The van der Waals surface area contributed by atoms with Crippen molar-refractivity contribution in [2.24, 2.45) is 0 Å². The number of para-hydroxylation sites is 2. The number of carbonyl (C=O) groups excluding carboxylic acids is 4. The molecule has 0 bridgehead atoms. The van der Waals surface area contributed by atoms with Gasteiger partial charge in [0.15, 0.2) is 0 Å². The molecule has 6 aromatic carbocycles. The molecule has 70 heavy (non-hydrogen) atoms. The van der Waals surface area contributed by atoms with Crippen LogP contribution in [-0.2, 0) is 33.3 Å². The highest BCUT2D eigenvalue weighted by molar-refractivity contribution is 7.86. The van der Waals surface area contributed by atoms with E-state index in [1.807, 2.05) is 13.8 Å². The van der Waals surface area contributed by atoms with Crippen molar-refractivity contribution in [3.63, 3.8) is 0 Å². The number of imide groups is 2. The number of hydrogen-bond acceptors (Lipinski definition) is 14. The van der Waals surface area contributed by atoms with Gasteiger partial charge < -0.3 is 10.6 Å². The van der Waals surface area contributed by atoms with Crippen LogP contribution in [0.3, 0.4) is 0 Å². The van der Waals surface area contributed by atoms with Crippen molar-refractivity contribution in [2.45, 2.75) is 49.6 Å². The van der Waals surface area contributed by atoms with E-state index in [4.69, 9.17) is 9.11 Å². The lowest BCUT2D eigenvalue weighted by Crippen LogP contribution is -2.44. The largest absolute Gasteiger partial charge is 0.312 e. The summed E-state index contributed by atoms with van der Waals surface area (Å²) in [6, 6.07) is 30.8. The van der Waals surface area contributed by atoms with Crippen molar-refractivity contribution >= 4 is 66.0 Å². The SMILES string of the molecule is Cc1ccc(S(=O)(=O)O)cc1.Cc1ccc(S(=O)(=O)O)cc1.O=C1c2ccc3c4c(ccc(c24)C(=O)N1CCCNCc1ccccc1[N+](=O)[O-])C(=O)N(CCCNCc1ccccc1[N+](=O)[O-])C3=O. The first-order valence-corrected chi connectivity index (χ1v) is 24.3. The number of rotatable bonds is 16. The number of hydrogen-bond donors (Lipinski definition) is 4. The van der Waals surface area contributed by atoms with Crippen LogP contribution >= 0.6 is 0 Å². The average Bonchev–Trinajstić information content (AvgIpc) is 3.32. The Morgan fingerprint density at radius 3 is 1.07 bits per heavy atom. The molecule has 4 N–H and O–H groups in total. The van der Waals surface area contributed by atoms with Gasteiger partial charge in [-0.1, -0.05) is 71.8 Å². The standard InChI is InChI=1S/C34H30N6O8.2C7H8O3S/c41-31-23-11-13-25-30-26(34(44)38(33(25)43)18-6-16-36-20-22-8-2-4-10-28(22)40(47)48)14-12-24(29(23)30)32(42)37(31)17-5-15-35-19-21-7-1-3-9-27(21)39(45)46;2*1-6-2-4-7(5-3-6)11(8,9)10/h1-4,7-14,35-36H,5-6,15-20H2;2*2-5H,1H3,(H,8,9,10). The predicted octanol–water partition coefficient (Wildman–Crippen LogP) is 6.69. The summed E-state index contributed by atoms with van der Waals surface area (Å²) in [6.07, 6.45) is 0.797. The number of nitro benzene ring substituents is 2. The normalized spacial score (nSPS) is 13.1. The van der Waals surface area contributed by atoms with E-state index in [0.717, 1.165) is 20.9 Å². The van der Waals surface area contributed by atoms with Gasteiger partial charge in [0.05, 0.1) is 19.6 Å². The van der Waals surface area contributed by atoms with Gasteiger partial charge in [-0.25, -0.2) is 0 Å². The summed E-state index contributed by atoms with van der Waals surface area (Å²) < 4.78 is 59.1. The molecule has 364 valence electrons. The van der Waals surface area contributed by atoms with E-state index in [1.54, 1.807) is 60.7 Å². The number of carbonyl (C=O) groups is 4. The van der Waals surface area contributed by atoms with Crippen LogP contribution < -0.4 is 10.6 Å². The molecule has 20 nitrogen and oxygen atoms in total. The average molecular weight is 995 g/mol. The Labute approximate surface area is 401 Å². The lowest BCUT2D eigenvalue weighted by Gasteiger charge is -2.32. The van der Waals surface area contributed by atoms with E-state index >= 15 is 0 Å². The predicted molar refractivity (Wildman–Crippen MR) is 256 cm³/mol. The first-order chi connectivity index (χ1) is 33.2. The van der Waals surface area contributed by atoms with E-state index < -0.39 is 53.7 Å². The summed E-state index contributed by atoms with van der Waals surface area (Å²) in [6.45, 7) is 5.17. The molecule has 0 unspecified atom stereocenters. The molecule has 0 aliphatic carbocycles. The maximum atomic E-state index is 13.5. The number of nitro groups is 2. The maximum absolute atomic E-state index is 13.5. The Balaban J connectivity index is 0.000000298. The summed E-state index contributed by atoms with van der Waals surface area (Å²) >= 11 is 0. The fraction of sp³-hybridized carbons (Fsp3) is 0.208. The Morgan fingerprint density at radius 2 is 0.786 bits per heavy atom. The quantitative estimate of drug-likeness (QED) is 0.0258. The molecule has 4 amide bonds. The zero-order chi connectivity index (χ0) is 50.9. The molecule has 0 aromatic heterocycles. The molecule has 6 aromatic rings. The second-order valence-corrected chi connectivity index (χ2v) is 18.8. The third-order valence-corrected chi connectivity index (χ3v) is 12.9. The van der Waals surface area contributed by atoms with E-state index in [2.05, 4.69) is 10.6 Å². The lowest BCUT2D eigenvalue weighted by atomic mass is 9.86. The highest BCUT2D eigenvalue weighted by Crippen LogP contribution is 2.38. The summed E-state index contributed by atoms with van der Waals surface area (Å²) in [5.41, 5.74) is 3.89. The molecular weight excluding hydrogens is 949 g/mol. The minimum Gasteiger partial charge on any atom is -0.312 e. The number of amides is 4. The summed E-state index contributed by atoms with van der Waals surface area (Å²) in [5.74, 6) is -2.10. The molecule has 0 atom stereocenters. The van der Waals surface area contributed by atoms with Crippen LogP contribution in [0.1, 0.15) is 76.5 Å². The number of aryl methyl sites for hydroxylation is 2. The van der Waals surface area contributed by atoms with Crippen LogP contribution in [0, 0.1) is 34.1 Å². The monoisotopic (exact) mass is 994 g/mol. The minimum atomic E-state index is -4.02. The molecule has 0 radical (unpaired) electrons. The zero-order valence-electron chi connectivity index (χ0n) is 37.6. The van der Waals surface area contributed by atoms with Gasteiger partial charge in [0, 0.05) is 82.5 Å². The molecule has 0 spiro atoms. The van der Waals surface area contributed by atoms with Crippen LogP contribution in [0.2, 0.25) is 0 Å². The Kier molecular flexibility index (Phi) is 16.4. The number of benzene rings is 6. The lowest BCUT2D eigenvalue weighted by molar-refractivity contribution is -0.385. The highest BCUT2D eigenvalue weighted by atomic mass is 32.2. The smallest absolute Gasteiger partial charge is 0.294 e. The maximum Gasteiger partial charge on any atom is 0.294 e. The molecule has 2 aliphatic rings. The summed E-state index contributed by atoms with van der Waals surface area (Å²) in [5, 5.41) is 29.3. The van der Waals surface area contributed by atoms with Crippen molar-refractivity contribution in [3.8, 4) is 0 Å². The van der Waals surface area contributed by atoms with Gasteiger partial charge in [0.25, 0.3) is 55.2 Å². The molecule has 0 saturated carbocycles. The van der Waals surface area contributed by atoms with E-state index in [1.165, 1.54) is 60.7 Å². The van der Waals surface area contributed by atoms with Crippen molar-refractivity contribution in [3.05, 3.63) is 186 Å². The molecule has 0 saturated heterocycles. The van der Waals surface area contributed by atoms with Gasteiger partial charge >= 0.3 is 0 Å². The van der Waals surface area contributed by atoms with Gasteiger partial charge in [0.1, 0.15) is 0 Å². The van der Waals surface area contributed by atoms with Gasteiger partial charge in [-0.15, -0.1) is 0 Å². The van der Waals surface area contributed by atoms with Crippen LogP contribution in [0.25, 0.3) is 10.8 Å². The van der Waals surface area contributed by atoms with Gasteiger partial charge in [-0.3, -0.25) is 58.3 Å². The third kappa shape index (κ3) is 12.2. The summed E-state index contributed by atoms with van der Waals surface area (Å²) in [7, 11) is -8.04. The van der Waals surface area contributed by atoms with E-state index in [9.17, 15) is 56.2 Å². The number of nitrogens with one attached hydrogen (secondary N) is 2.